The molecule has 0 saturated heterocycles. The third-order valence-corrected chi connectivity index (χ3v) is 4.96. The highest BCUT2D eigenvalue weighted by Gasteiger charge is 2.19. The number of pyridine rings is 1. The van der Waals surface area contributed by atoms with Crippen LogP contribution in [0.3, 0.4) is 0 Å². The average Bonchev–Trinajstić information content (AvgIpc) is 2.43. The van der Waals surface area contributed by atoms with E-state index in [0.717, 1.165) is 22.3 Å². The van der Waals surface area contributed by atoms with Gasteiger partial charge in [0, 0.05) is 18.9 Å². The molecule has 0 bridgehead atoms. The molecule has 0 spiro atoms. The van der Waals surface area contributed by atoms with Crippen LogP contribution in [-0.2, 0) is 16.6 Å². The summed E-state index contributed by atoms with van der Waals surface area (Å²) in [5.74, 6) is 0. The normalized spacial score (nSPS) is 11.4. The van der Waals surface area contributed by atoms with Crippen molar-refractivity contribution in [1.29, 1.82) is 0 Å². The fourth-order valence-corrected chi connectivity index (χ4v) is 3.58. The number of aromatic nitrogens is 1. The summed E-state index contributed by atoms with van der Waals surface area (Å²) in [6, 6.07) is 5.18. The van der Waals surface area contributed by atoms with Crippen LogP contribution >= 0.6 is 0 Å². The molecule has 0 radical (unpaired) electrons. The molecule has 5 nitrogen and oxygen atoms in total. The number of nitrogens with zero attached hydrogens (tertiary/aromatic N) is 1. The molecular weight excluding hydrogens is 286 g/mol. The van der Waals surface area contributed by atoms with Crippen molar-refractivity contribution >= 4 is 15.7 Å². The van der Waals surface area contributed by atoms with Crippen LogP contribution in [0.25, 0.3) is 0 Å². The molecule has 0 atom stereocenters. The van der Waals surface area contributed by atoms with Crippen LogP contribution in [0.15, 0.2) is 35.5 Å². The van der Waals surface area contributed by atoms with E-state index in [1.54, 1.807) is 38.4 Å². The summed E-state index contributed by atoms with van der Waals surface area (Å²) in [5.41, 5.74) is 9.36. The van der Waals surface area contributed by atoms with Gasteiger partial charge in [-0.25, -0.2) is 8.42 Å². The van der Waals surface area contributed by atoms with E-state index in [2.05, 4.69) is 9.71 Å². The van der Waals surface area contributed by atoms with Crippen LogP contribution in [0.4, 0.5) is 5.69 Å². The van der Waals surface area contributed by atoms with Gasteiger partial charge >= 0.3 is 0 Å². The minimum absolute atomic E-state index is 0.263. The predicted molar refractivity (Wildman–Crippen MR) is 83.6 cm³/mol. The molecule has 0 amide bonds. The molecular formula is C15H19N3O2S. The third kappa shape index (κ3) is 3.22. The first-order chi connectivity index (χ1) is 9.85. The van der Waals surface area contributed by atoms with Gasteiger partial charge in [0.2, 0.25) is 0 Å². The molecule has 1 heterocycles. The lowest BCUT2D eigenvalue weighted by Gasteiger charge is -2.14. The Morgan fingerprint density at radius 2 is 1.90 bits per heavy atom. The summed E-state index contributed by atoms with van der Waals surface area (Å²) in [6.07, 6.45) is 3.17. The van der Waals surface area contributed by atoms with Crippen molar-refractivity contribution < 1.29 is 8.42 Å². The van der Waals surface area contributed by atoms with Crippen molar-refractivity contribution in [3.8, 4) is 0 Å². The standard InChI is InChI=1S/C15H19N3O2S/c1-10-6-13(8-16)7-15(12(10)3)21(19,20)18-14-4-5-17-9-11(14)2/h4-7,9H,8,16H2,1-3H3,(H,17,18). The SMILES string of the molecule is Cc1cnccc1NS(=O)(=O)c1cc(CN)cc(C)c1C. The summed E-state index contributed by atoms with van der Waals surface area (Å²) in [6.45, 7) is 5.78. The zero-order valence-corrected chi connectivity index (χ0v) is 13.2. The van der Waals surface area contributed by atoms with E-state index in [1.165, 1.54) is 0 Å². The van der Waals surface area contributed by atoms with Crippen LogP contribution in [0.2, 0.25) is 0 Å². The zero-order valence-electron chi connectivity index (χ0n) is 12.3. The fraction of sp³-hybridized carbons (Fsp3) is 0.267. The molecule has 6 heteroatoms. The minimum atomic E-state index is -3.65. The van der Waals surface area contributed by atoms with E-state index >= 15 is 0 Å². The second-order valence-corrected chi connectivity index (χ2v) is 6.69. The van der Waals surface area contributed by atoms with Crippen molar-refractivity contribution in [2.45, 2.75) is 32.2 Å². The maximum atomic E-state index is 12.6. The van der Waals surface area contributed by atoms with Crippen LogP contribution in [0, 0.1) is 20.8 Å². The maximum Gasteiger partial charge on any atom is 0.262 e. The number of hydrogen-bond acceptors (Lipinski definition) is 4. The zero-order chi connectivity index (χ0) is 15.6. The summed E-state index contributed by atoms with van der Waals surface area (Å²) < 4.78 is 27.9. The average molecular weight is 305 g/mol. The molecule has 0 aliphatic rings. The molecule has 0 saturated carbocycles. The van der Waals surface area contributed by atoms with Gasteiger partial charge in [0.15, 0.2) is 0 Å². The molecule has 112 valence electrons. The summed E-state index contributed by atoms with van der Waals surface area (Å²) >= 11 is 0. The summed E-state index contributed by atoms with van der Waals surface area (Å²) in [5, 5.41) is 0. The smallest absolute Gasteiger partial charge is 0.262 e. The summed E-state index contributed by atoms with van der Waals surface area (Å²) in [7, 11) is -3.65. The molecule has 2 aromatic rings. The van der Waals surface area contributed by atoms with Crippen molar-refractivity contribution in [3.05, 3.63) is 52.8 Å². The van der Waals surface area contributed by atoms with Gasteiger partial charge in [0.25, 0.3) is 10.0 Å². The number of aryl methyl sites for hydroxylation is 2. The van der Waals surface area contributed by atoms with Crippen LogP contribution in [0.5, 0.6) is 0 Å². The fourth-order valence-electron chi connectivity index (χ4n) is 2.08. The molecule has 0 fully saturated rings. The Morgan fingerprint density at radius 3 is 2.52 bits per heavy atom. The van der Waals surface area contributed by atoms with Crippen LogP contribution in [-0.4, -0.2) is 13.4 Å². The second-order valence-electron chi connectivity index (χ2n) is 5.04. The van der Waals surface area contributed by atoms with Gasteiger partial charge in [-0.15, -0.1) is 0 Å². The van der Waals surface area contributed by atoms with Crippen molar-refractivity contribution in [1.82, 2.24) is 4.98 Å². The van der Waals surface area contributed by atoms with Crippen molar-refractivity contribution in [2.24, 2.45) is 5.73 Å². The second kappa shape index (κ2) is 5.83. The Kier molecular flexibility index (Phi) is 4.29. The Balaban J connectivity index is 2.50. The highest BCUT2D eigenvalue weighted by molar-refractivity contribution is 7.92. The monoisotopic (exact) mass is 305 g/mol. The predicted octanol–water partition coefficient (Wildman–Crippen LogP) is 2.27. The van der Waals surface area contributed by atoms with Gasteiger partial charge < -0.3 is 5.73 Å². The largest absolute Gasteiger partial charge is 0.326 e. The van der Waals surface area contributed by atoms with E-state index in [-0.39, 0.29) is 4.90 Å². The molecule has 1 aromatic heterocycles. The van der Waals surface area contributed by atoms with Crippen molar-refractivity contribution in [3.63, 3.8) is 0 Å². The van der Waals surface area contributed by atoms with Crippen LogP contribution in [0.1, 0.15) is 22.3 Å². The number of sulfonamides is 1. The van der Waals surface area contributed by atoms with Crippen LogP contribution < -0.4 is 10.5 Å². The maximum absolute atomic E-state index is 12.6. The first-order valence-corrected chi connectivity index (χ1v) is 8.07. The number of nitrogens with two attached hydrogens (primary N) is 1. The van der Waals surface area contributed by atoms with E-state index in [4.69, 9.17) is 5.73 Å². The highest BCUT2D eigenvalue weighted by atomic mass is 32.2. The lowest BCUT2D eigenvalue weighted by atomic mass is 10.1. The quantitative estimate of drug-likeness (QED) is 0.907. The van der Waals surface area contributed by atoms with Gasteiger partial charge in [0.05, 0.1) is 10.6 Å². The van der Waals surface area contributed by atoms with Gasteiger partial charge in [0.1, 0.15) is 0 Å². The van der Waals surface area contributed by atoms with Gasteiger partial charge in [-0.2, -0.15) is 0 Å². The topological polar surface area (TPSA) is 85.1 Å². The number of nitrogens with one attached hydrogen (secondary N) is 1. The third-order valence-electron chi connectivity index (χ3n) is 3.47. The van der Waals surface area contributed by atoms with E-state index < -0.39 is 10.0 Å². The van der Waals surface area contributed by atoms with Gasteiger partial charge in [-0.05, 0) is 55.2 Å². The molecule has 0 unspecified atom stereocenters. The lowest BCUT2D eigenvalue weighted by molar-refractivity contribution is 0.600. The van der Waals surface area contributed by atoms with E-state index in [1.807, 2.05) is 13.0 Å². The number of hydrogen-bond donors (Lipinski definition) is 2. The molecule has 21 heavy (non-hydrogen) atoms. The minimum Gasteiger partial charge on any atom is -0.326 e. The molecule has 0 aliphatic heterocycles. The number of rotatable bonds is 4. The number of anilines is 1. The number of benzene rings is 1. The van der Waals surface area contributed by atoms with E-state index in [9.17, 15) is 8.42 Å². The molecule has 2 rings (SSSR count). The van der Waals surface area contributed by atoms with Gasteiger partial charge in [-0.1, -0.05) is 6.07 Å². The Labute approximate surface area is 125 Å². The Hall–Kier alpha value is -1.92. The van der Waals surface area contributed by atoms with E-state index in [0.29, 0.717) is 12.2 Å². The Bertz CT molecular complexity index is 770. The van der Waals surface area contributed by atoms with Crippen molar-refractivity contribution in [2.75, 3.05) is 4.72 Å². The first kappa shape index (κ1) is 15.5. The highest BCUT2D eigenvalue weighted by Crippen LogP contribution is 2.24. The van der Waals surface area contributed by atoms with Gasteiger partial charge in [-0.3, -0.25) is 9.71 Å². The molecule has 3 N–H and O–H groups in total. The first-order valence-electron chi connectivity index (χ1n) is 6.59. The lowest BCUT2D eigenvalue weighted by Crippen LogP contribution is -2.16. The molecule has 1 aromatic carbocycles. The Morgan fingerprint density at radius 1 is 1.19 bits per heavy atom. The summed E-state index contributed by atoms with van der Waals surface area (Å²) in [4.78, 5) is 4.22. The molecule has 0 aliphatic carbocycles.